The van der Waals surface area contributed by atoms with Crippen LogP contribution in [0.5, 0.6) is 0 Å². The number of rotatable bonds is 6. The molecule has 0 aromatic rings. The minimum absolute atomic E-state index is 0.0335. The summed E-state index contributed by atoms with van der Waals surface area (Å²) in [5.41, 5.74) is 0. The smallest absolute Gasteiger partial charge is 0.233 e. The minimum atomic E-state index is -0.179. The molecule has 0 heterocycles. The van der Waals surface area contributed by atoms with Gasteiger partial charge in [0.05, 0.1) is 4.83 Å². The first-order valence-electron chi connectivity index (χ1n) is 5.14. The van der Waals surface area contributed by atoms with E-state index in [4.69, 9.17) is 0 Å². The first-order valence-corrected chi connectivity index (χ1v) is 6.06. The summed E-state index contributed by atoms with van der Waals surface area (Å²) in [6.45, 7) is 6.15. The summed E-state index contributed by atoms with van der Waals surface area (Å²) in [6.07, 6.45) is 1.12. The van der Waals surface area contributed by atoms with E-state index in [1.54, 1.807) is 6.92 Å². The van der Waals surface area contributed by atoms with Crippen LogP contribution in [0.25, 0.3) is 0 Å². The predicted molar refractivity (Wildman–Crippen MR) is 63.9 cm³/mol. The molecule has 5 heteroatoms. The highest BCUT2D eigenvalue weighted by molar-refractivity contribution is 9.10. The van der Waals surface area contributed by atoms with Crippen molar-refractivity contribution in [3.63, 3.8) is 0 Å². The number of nitrogens with one attached hydrogen (secondary N) is 2. The second kappa shape index (κ2) is 7.68. The van der Waals surface area contributed by atoms with Crippen LogP contribution >= 0.6 is 15.9 Å². The SMILES string of the molecule is CC(C)NC(=O)CCCNC(=O)C(C)Br. The highest BCUT2D eigenvalue weighted by Crippen LogP contribution is 1.96. The summed E-state index contributed by atoms with van der Waals surface area (Å²) < 4.78 is 0. The Morgan fingerprint density at radius 2 is 1.87 bits per heavy atom. The van der Waals surface area contributed by atoms with Crippen molar-refractivity contribution in [1.82, 2.24) is 10.6 Å². The molecule has 2 amide bonds. The zero-order chi connectivity index (χ0) is 11.8. The van der Waals surface area contributed by atoms with Gasteiger partial charge in [-0.2, -0.15) is 0 Å². The third-order valence-corrected chi connectivity index (χ3v) is 2.11. The largest absolute Gasteiger partial charge is 0.355 e. The molecule has 88 valence electrons. The Labute approximate surface area is 99.3 Å². The van der Waals surface area contributed by atoms with Gasteiger partial charge >= 0.3 is 0 Å². The Kier molecular flexibility index (Phi) is 7.38. The Balaban J connectivity index is 3.46. The van der Waals surface area contributed by atoms with E-state index in [1.807, 2.05) is 13.8 Å². The summed E-state index contributed by atoms with van der Waals surface area (Å²) in [5.74, 6) is -0.00888. The molecule has 0 fully saturated rings. The van der Waals surface area contributed by atoms with Crippen molar-refractivity contribution in [2.45, 2.75) is 44.5 Å². The third-order valence-electron chi connectivity index (χ3n) is 1.69. The van der Waals surface area contributed by atoms with Gasteiger partial charge < -0.3 is 10.6 Å². The van der Waals surface area contributed by atoms with Gasteiger partial charge in [-0.25, -0.2) is 0 Å². The standard InChI is InChI=1S/C10H19BrN2O2/c1-7(2)13-9(14)5-4-6-12-10(15)8(3)11/h7-8H,4-6H2,1-3H3,(H,12,15)(H,13,14). The van der Waals surface area contributed by atoms with Crippen LogP contribution in [0, 0.1) is 0 Å². The van der Waals surface area contributed by atoms with E-state index in [0.29, 0.717) is 19.4 Å². The first kappa shape index (κ1) is 14.4. The molecule has 15 heavy (non-hydrogen) atoms. The fourth-order valence-corrected chi connectivity index (χ4v) is 1.16. The van der Waals surface area contributed by atoms with E-state index in [2.05, 4.69) is 26.6 Å². The third kappa shape index (κ3) is 8.42. The normalized spacial score (nSPS) is 12.3. The molecule has 0 aromatic carbocycles. The molecule has 1 unspecified atom stereocenters. The Morgan fingerprint density at radius 1 is 1.27 bits per heavy atom. The lowest BCUT2D eigenvalue weighted by molar-refractivity contribution is -0.122. The van der Waals surface area contributed by atoms with E-state index in [1.165, 1.54) is 0 Å². The summed E-state index contributed by atoms with van der Waals surface area (Å²) in [5, 5.41) is 5.52. The summed E-state index contributed by atoms with van der Waals surface area (Å²) in [4.78, 5) is 22.1. The summed E-state index contributed by atoms with van der Waals surface area (Å²) in [7, 11) is 0. The Hall–Kier alpha value is -0.580. The van der Waals surface area contributed by atoms with Gasteiger partial charge in [-0.1, -0.05) is 15.9 Å². The number of hydrogen-bond donors (Lipinski definition) is 2. The highest BCUT2D eigenvalue weighted by atomic mass is 79.9. The van der Waals surface area contributed by atoms with Crippen LogP contribution in [0.4, 0.5) is 0 Å². The second-order valence-electron chi connectivity index (χ2n) is 3.73. The average molecular weight is 279 g/mol. The molecule has 0 aliphatic heterocycles. The molecule has 0 aromatic heterocycles. The van der Waals surface area contributed by atoms with Gasteiger partial charge in [0.2, 0.25) is 11.8 Å². The van der Waals surface area contributed by atoms with Crippen molar-refractivity contribution >= 4 is 27.7 Å². The van der Waals surface area contributed by atoms with E-state index < -0.39 is 0 Å². The number of carbonyl (C=O) groups excluding carboxylic acids is 2. The molecule has 0 aliphatic carbocycles. The molecule has 0 saturated carbocycles. The molecule has 0 rings (SSSR count). The maximum Gasteiger partial charge on any atom is 0.233 e. The van der Waals surface area contributed by atoms with Crippen molar-refractivity contribution in [2.75, 3.05) is 6.54 Å². The van der Waals surface area contributed by atoms with Gasteiger partial charge in [0.25, 0.3) is 0 Å². The first-order chi connectivity index (χ1) is 6.93. The maximum absolute atomic E-state index is 11.2. The molecule has 2 N–H and O–H groups in total. The number of halogens is 1. The second-order valence-corrected chi connectivity index (χ2v) is 5.11. The zero-order valence-electron chi connectivity index (χ0n) is 9.47. The van der Waals surface area contributed by atoms with Crippen LogP contribution in [0.1, 0.15) is 33.6 Å². The minimum Gasteiger partial charge on any atom is -0.355 e. The highest BCUT2D eigenvalue weighted by Gasteiger charge is 2.07. The monoisotopic (exact) mass is 278 g/mol. The van der Waals surface area contributed by atoms with E-state index >= 15 is 0 Å². The maximum atomic E-state index is 11.2. The predicted octanol–water partition coefficient (Wildman–Crippen LogP) is 1.19. The van der Waals surface area contributed by atoms with Crippen molar-refractivity contribution in [1.29, 1.82) is 0 Å². The zero-order valence-corrected chi connectivity index (χ0v) is 11.1. The summed E-state index contributed by atoms with van der Waals surface area (Å²) in [6, 6.07) is 0.176. The summed E-state index contributed by atoms with van der Waals surface area (Å²) >= 11 is 3.16. The fourth-order valence-electron chi connectivity index (χ4n) is 0.995. The van der Waals surface area contributed by atoms with Crippen LogP contribution in [0.2, 0.25) is 0 Å². The van der Waals surface area contributed by atoms with Crippen LogP contribution in [0.15, 0.2) is 0 Å². The van der Waals surface area contributed by atoms with Gasteiger partial charge in [-0.15, -0.1) is 0 Å². The lowest BCUT2D eigenvalue weighted by Crippen LogP contribution is -2.33. The molecule has 0 aliphatic rings. The lowest BCUT2D eigenvalue weighted by Gasteiger charge is -2.09. The topological polar surface area (TPSA) is 58.2 Å². The van der Waals surface area contributed by atoms with E-state index in [9.17, 15) is 9.59 Å². The van der Waals surface area contributed by atoms with Gasteiger partial charge in [0, 0.05) is 19.0 Å². The van der Waals surface area contributed by atoms with Crippen LogP contribution in [-0.2, 0) is 9.59 Å². The van der Waals surface area contributed by atoms with Crippen molar-refractivity contribution in [3.05, 3.63) is 0 Å². The molecule has 0 spiro atoms. The molecule has 0 radical (unpaired) electrons. The van der Waals surface area contributed by atoms with Crippen molar-refractivity contribution < 1.29 is 9.59 Å². The fraction of sp³-hybridized carbons (Fsp3) is 0.800. The molecule has 0 bridgehead atoms. The van der Waals surface area contributed by atoms with Gasteiger partial charge in [-0.05, 0) is 27.2 Å². The quantitative estimate of drug-likeness (QED) is 0.567. The van der Waals surface area contributed by atoms with E-state index in [-0.39, 0.29) is 22.7 Å². The lowest BCUT2D eigenvalue weighted by atomic mass is 10.2. The number of amides is 2. The van der Waals surface area contributed by atoms with Crippen molar-refractivity contribution in [3.8, 4) is 0 Å². The van der Waals surface area contributed by atoms with Gasteiger partial charge in [-0.3, -0.25) is 9.59 Å². The van der Waals surface area contributed by atoms with Gasteiger partial charge in [0.15, 0.2) is 0 Å². The number of carbonyl (C=O) groups is 2. The van der Waals surface area contributed by atoms with Crippen LogP contribution in [-0.4, -0.2) is 29.2 Å². The van der Waals surface area contributed by atoms with Crippen LogP contribution < -0.4 is 10.6 Å². The van der Waals surface area contributed by atoms with Crippen LogP contribution in [0.3, 0.4) is 0 Å². The molecular formula is C10H19BrN2O2. The Bertz CT molecular complexity index is 217. The molecule has 1 atom stereocenters. The molecule has 4 nitrogen and oxygen atoms in total. The van der Waals surface area contributed by atoms with Gasteiger partial charge in [0.1, 0.15) is 0 Å². The number of hydrogen-bond acceptors (Lipinski definition) is 2. The Morgan fingerprint density at radius 3 is 2.33 bits per heavy atom. The van der Waals surface area contributed by atoms with Crippen molar-refractivity contribution in [2.24, 2.45) is 0 Å². The average Bonchev–Trinajstić information content (AvgIpc) is 2.10. The molecule has 0 saturated heterocycles. The number of alkyl halides is 1. The van der Waals surface area contributed by atoms with E-state index in [0.717, 1.165) is 0 Å². The molecular weight excluding hydrogens is 260 g/mol.